The van der Waals surface area contributed by atoms with Crippen molar-refractivity contribution >= 4 is 5.97 Å². The predicted octanol–water partition coefficient (Wildman–Crippen LogP) is 4.08. The zero-order valence-electron chi connectivity index (χ0n) is 13.9. The van der Waals surface area contributed by atoms with Gasteiger partial charge in [-0.25, -0.2) is 9.78 Å². The van der Waals surface area contributed by atoms with Crippen LogP contribution in [0.4, 0.5) is 0 Å². The Kier molecular flexibility index (Phi) is 4.75. The molecule has 0 unspecified atom stereocenters. The summed E-state index contributed by atoms with van der Waals surface area (Å²) in [5.74, 6) is 0.445. The van der Waals surface area contributed by atoms with E-state index in [2.05, 4.69) is 4.98 Å². The van der Waals surface area contributed by atoms with Crippen LogP contribution in [0.25, 0.3) is 11.4 Å². The fourth-order valence-electron chi connectivity index (χ4n) is 2.76. The first-order valence-electron chi connectivity index (χ1n) is 8.04. The zero-order chi connectivity index (χ0) is 16.9. The number of esters is 1. The molecule has 0 spiro atoms. The Labute approximate surface area is 141 Å². The average Bonchev–Trinajstić information content (AvgIpc) is 2.93. The second-order valence-electron chi connectivity index (χ2n) is 5.53. The SMILES string of the molecule is CCOC(=O)c1c(C)nc(-c2ccccc2)n1Cc1ccccc1. The van der Waals surface area contributed by atoms with Gasteiger partial charge in [0.15, 0.2) is 5.69 Å². The molecule has 1 heterocycles. The molecule has 0 aliphatic heterocycles. The summed E-state index contributed by atoms with van der Waals surface area (Å²) in [7, 11) is 0. The highest BCUT2D eigenvalue weighted by molar-refractivity contribution is 5.90. The van der Waals surface area contributed by atoms with Gasteiger partial charge in [-0.3, -0.25) is 0 Å². The van der Waals surface area contributed by atoms with Crippen LogP contribution >= 0.6 is 0 Å². The van der Waals surface area contributed by atoms with Crippen molar-refractivity contribution in [3.63, 3.8) is 0 Å². The molecule has 122 valence electrons. The Morgan fingerprint density at radius 1 is 1.04 bits per heavy atom. The average molecular weight is 320 g/mol. The molecular formula is C20H20N2O2. The van der Waals surface area contributed by atoms with Crippen molar-refractivity contribution in [1.29, 1.82) is 0 Å². The fourth-order valence-corrected chi connectivity index (χ4v) is 2.76. The van der Waals surface area contributed by atoms with Crippen LogP contribution in [0.3, 0.4) is 0 Å². The molecule has 0 fully saturated rings. The molecule has 0 amide bonds. The summed E-state index contributed by atoms with van der Waals surface area (Å²) in [5.41, 5.74) is 3.28. The quantitative estimate of drug-likeness (QED) is 0.665. The number of imidazole rings is 1. The molecular weight excluding hydrogens is 300 g/mol. The van der Waals surface area contributed by atoms with Crippen LogP contribution in [0.5, 0.6) is 0 Å². The predicted molar refractivity (Wildman–Crippen MR) is 93.9 cm³/mol. The van der Waals surface area contributed by atoms with Crippen LogP contribution in [0.15, 0.2) is 60.7 Å². The van der Waals surface area contributed by atoms with Gasteiger partial charge in [0.1, 0.15) is 5.82 Å². The van der Waals surface area contributed by atoms with E-state index in [9.17, 15) is 4.79 Å². The van der Waals surface area contributed by atoms with E-state index < -0.39 is 0 Å². The minimum atomic E-state index is -0.333. The topological polar surface area (TPSA) is 44.1 Å². The monoisotopic (exact) mass is 320 g/mol. The first-order chi connectivity index (χ1) is 11.7. The maximum atomic E-state index is 12.4. The van der Waals surface area contributed by atoms with Crippen LogP contribution in [0, 0.1) is 6.92 Å². The molecule has 2 aromatic carbocycles. The molecule has 0 radical (unpaired) electrons. The van der Waals surface area contributed by atoms with Crippen LogP contribution in [-0.2, 0) is 11.3 Å². The summed E-state index contributed by atoms with van der Waals surface area (Å²) < 4.78 is 7.18. The summed E-state index contributed by atoms with van der Waals surface area (Å²) in [6.07, 6.45) is 0. The van der Waals surface area contributed by atoms with E-state index in [0.717, 1.165) is 17.0 Å². The summed E-state index contributed by atoms with van der Waals surface area (Å²) in [4.78, 5) is 17.1. The van der Waals surface area contributed by atoms with Gasteiger partial charge in [-0.05, 0) is 19.4 Å². The standard InChI is InChI=1S/C20H20N2O2/c1-3-24-20(23)18-15(2)21-19(17-12-8-5-9-13-17)22(18)14-16-10-6-4-7-11-16/h4-13H,3,14H2,1-2H3. The molecule has 4 heteroatoms. The number of aromatic nitrogens is 2. The van der Waals surface area contributed by atoms with Gasteiger partial charge in [-0.15, -0.1) is 0 Å². The maximum Gasteiger partial charge on any atom is 0.356 e. The van der Waals surface area contributed by atoms with Gasteiger partial charge in [0.05, 0.1) is 12.3 Å². The normalized spacial score (nSPS) is 10.6. The molecule has 0 aliphatic carbocycles. The number of rotatable bonds is 5. The lowest BCUT2D eigenvalue weighted by atomic mass is 10.2. The fraction of sp³-hybridized carbons (Fsp3) is 0.200. The number of aryl methyl sites for hydroxylation is 1. The summed E-state index contributed by atoms with van der Waals surface area (Å²) >= 11 is 0. The Morgan fingerprint density at radius 2 is 1.67 bits per heavy atom. The minimum absolute atomic E-state index is 0.333. The second-order valence-corrected chi connectivity index (χ2v) is 5.53. The lowest BCUT2D eigenvalue weighted by Gasteiger charge is -2.12. The van der Waals surface area contributed by atoms with Crippen LogP contribution in [-0.4, -0.2) is 22.1 Å². The van der Waals surface area contributed by atoms with E-state index in [4.69, 9.17) is 4.74 Å². The van der Waals surface area contributed by atoms with Gasteiger partial charge >= 0.3 is 5.97 Å². The first kappa shape index (κ1) is 16.0. The minimum Gasteiger partial charge on any atom is -0.461 e. The lowest BCUT2D eigenvalue weighted by molar-refractivity contribution is 0.0513. The summed E-state index contributed by atoms with van der Waals surface area (Å²) in [6.45, 7) is 4.57. The van der Waals surface area contributed by atoms with E-state index in [1.807, 2.05) is 79.1 Å². The van der Waals surface area contributed by atoms with Crippen molar-refractivity contribution in [1.82, 2.24) is 9.55 Å². The molecule has 0 N–H and O–H groups in total. The number of ether oxygens (including phenoxy) is 1. The van der Waals surface area contributed by atoms with Crippen molar-refractivity contribution in [2.75, 3.05) is 6.61 Å². The van der Waals surface area contributed by atoms with Gasteiger partial charge < -0.3 is 9.30 Å². The molecule has 1 aromatic heterocycles. The molecule has 0 saturated carbocycles. The lowest BCUT2D eigenvalue weighted by Crippen LogP contribution is -2.15. The third-order valence-electron chi connectivity index (χ3n) is 3.83. The zero-order valence-corrected chi connectivity index (χ0v) is 13.9. The summed E-state index contributed by atoms with van der Waals surface area (Å²) in [6, 6.07) is 19.9. The highest BCUT2D eigenvalue weighted by Crippen LogP contribution is 2.24. The molecule has 0 saturated heterocycles. The molecule has 0 bridgehead atoms. The second kappa shape index (κ2) is 7.13. The van der Waals surface area contributed by atoms with Crippen LogP contribution in [0.1, 0.15) is 28.7 Å². The molecule has 0 atom stereocenters. The molecule has 3 rings (SSSR count). The smallest absolute Gasteiger partial charge is 0.356 e. The van der Waals surface area contributed by atoms with E-state index >= 15 is 0 Å². The van der Waals surface area contributed by atoms with Crippen molar-refractivity contribution in [2.24, 2.45) is 0 Å². The third-order valence-corrected chi connectivity index (χ3v) is 3.83. The molecule has 24 heavy (non-hydrogen) atoms. The van der Waals surface area contributed by atoms with Gasteiger partial charge in [-0.2, -0.15) is 0 Å². The summed E-state index contributed by atoms with van der Waals surface area (Å²) in [5, 5.41) is 0. The molecule has 4 nitrogen and oxygen atoms in total. The van der Waals surface area contributed by atoms with E-state index in [0.29, 0.717) is 24.5 Å². The number of nitrogens with zero attached hydrogens (tertiary/aromatic N) is 2. The maximum absolute atomic E-state index is 12.4. The Hall–Kier alpha value is -2.88. The van der Waals surface area contributed by atoms with Gasteiger partial charge in [-0.1, -0.05) is 60.7 Å². The van der Waals surface area contributed by atoms with Crippen LogP contribution < -0.4 is 0 Å². The van der Waals surface area contributed by atoms with E-state index in [1.165, 1.54) is 0 Å². The van der Waals surface area contributed by atoms with Crippen molar-refractivity contribution in [3.05, 3.63) is 77.6 Å². The Bertz CT molecular complexity index is 824. The first-order valence-corrected chi connectivity index (χ1v) is 8.04. The highest BCUT2D eigenvalue weighted by Gasteiger charge is 2.22. The van der Waals surface area contributed by atoms with Crippen molar-refractivity contribution in [3.8, 4) is 11.4 Å². The number of carbonyl (C=O) groups excluding carboxylic acids is 1. The number of hydrogen-bond donors (Lipinski definition) is 0. The van der Waals surface area contributed by atoms with E-state index in [-0.39, 0.29) is 5.97 Å². The van der Waals surface area contributed by atoms with Crippen molar-refractivity contribution in [2.45, 2.75) is 20.4 Å². The number of carbonyl (C=O) groups is 1. The molecule has 0 aliphatic rings. The van der Waals surface area contributed by atoms with E-state index in [1.54, 1.807) is 0 Å². The highest BCUT2D eigenvalue weighted by atomic mass is 16.5. The Balaban J connectivity index is 2.12. The largest absolute Gasteiger partial charge is 0.461 e. The number of hydrogen-bond acceptors (Lipinski definition) is 3. The van der Waals surface area contributed by atoms with Crippen molar-refractivity contribution < 1.29 is 9.53 Å². The van der Waals surface area contributed by atoms with Gasteiger partial charge in [0.2, 0.25) is 0 Å². The Morgan fingerprint density at radius 3 is 2.29 bits per heavy atom. The van der Waals surface area contributed by atoms with Gasteiger partial charge in [0, 0.05) is 12.1 Å². The van der Waals surface area contributed by atoms with Crippen LogP contribution in [0.2, 0.25) is 0 Å². The molecule has 3 aromatic rings. The third kappa shape index (κ3) is 3.23. The number of benzene rings is 2. The van der Waals surface area contributed by atoms with Gasteiger partial charge in [0.25, 0.3) is 0 Å².